The zero-order chi connectivity index (χ0) is 21.3. The normalized spacial score (nSPS) is 19.5. The summed E-state index contributed by atoms with van der Waals surface area (Å²) in [7, 11) is 4.65. The number of phenols is 1. The molecule has 2 aliphatic rings. The Morgan fingerprint density at radius 3 is 2.23 bits per heavy atom. The molecule has 4 rings (SSSR count). The van der Waals surface area contributed by atoms with Gasteiger partial charge in [-0.25, -0.2) is 0 Å². The van der Waals surface area contributed by atoms with Crippen molar-refractivity contribution in [3.8, 4) is 34.5 Å². The number of ether oxygens (including phenoxy) is 6. The molecule has 0 aliphatic carbocycles. The number of rotatable bonds is 7. The molecule has 0 amide bonds. The van der Waals surface area contributed by atoms with Gasteiger partial charge in [-0.3, -0.25) is 4.79 Å². The fourth-order valence-electron chi connectivity index (χ4n) is 3.98. The SMILES string of the molecule is COc1cc(CC2C(=O)OCC2Cc2cc3c(cc2O)OCO3)cc(OC)c1OC. The highest BCUT2D eigenvalue weighted by Gasteiger charge is 2.38. The van der Waals surface area contributed by atoms with E-state index in [9.17, 15) is 9.90 Å². The summed E-state index contributed by atoms with van der Waals surface area (Å²) in [6, 6.07) is 6.98. The number of phenolic OH excluding ortho intramolecular Hbond substituents is 1. The Morgan fingerprint density at radius 1 is 0.933 bits per heavy atom. The summed E-state index contributed by atoms with van der Waals surface area (Å²) in [6.07, 6.45) is 0.925. The van der Waals surface area contributed by atoms with Crippen LogP contribution in [0.4, 0.5) is 0 Å². The van der Waals surface area contributed by atoms with Crippen LogP contribution in [0.25, 0.3) is 0 Å². The summed E-state index contributed by atoms with van der Waals surface area (Å²) in [5.41, 5.74) is 1.56. The minimum absolute atomic E-state index is 0.0946. The van der Waals surface area contributed by atoms with E-state index < -0.39 is 0 Å². The van der Waals surface area contributed by atoms with Gasteiger partial charge in [0.25, 0.3) is 0 Å². The summed E-state index contributed by atoms with van der Waals surface area (Å²) in [5.74, 6) is 2.07. The zero-order valence-electron chi connectivity index (χ0n) is 17.1. The van der Waals surface area contributed by atoms with Crippen LogP contribution in [-0.4, -0.2) is 45.8 Å². The highest BCUT2D eigenvalue weighted by molar-refractivity contribution is 5.75. The molecule has 1 N–H and O–H groups in total. The number of hydrogen-bond donors (Lipinski definition) is 1. The van der Waals surface area contributed by atoms with E-state index in [0.29, 0.717) is 53.8 Å². The Labute approximate surface area is 174 Å². The van der Waals surface area contributed by atoms with Crippen LogP contribution in [0.2, 0.25) is 0 Å². The molecule has 0 saturated carbocycles. The minimum atomic E-state index is -0.363. The molecule has 2 aliphatic heterocycles. The lowest BCUT2D eigenvalue weighted by atomic mass is 9.84. The number of benzene rings is 2. The number of fused-ring (bicyclic) bond motifs is 1. The summed E-state index contributed by atoms with van der Waals surface area (Å²) >= 11 is 0. The van der Waals surface area contributed by atoms with Crippen LogP contribution in [0.5, 0.6) is 34.5 Å². The second-order valence-electron chi connectivity index (χ2n) is 7.27. The maximum Gasteiger partial charge on any atom is 0.309 e. The van der Waals surface area contributed by atoms with Crippen LogP contribution < -0.4 is 23.7 Å². The van der Waals surface area contributed by atoms with Gasteiger partial charge in [0.2, 0.25) is 12.5 Å². The van der Waals surface area contributed by atoms with Crippen molar-refractivity contribution in [3.63, 3.8) is 0 Å². The van der Waals surface area contributed by atoms with Crippen molar-refractivity contribution < 1.29 is 38.3 Å². The van der Waals surface area contributed by atoms with Crippen molar-refractivity contribution in [1.82, 2.24) is 0 Å². The number of methoxy groups -OCH3 is 3. The number of aromatic hydroxyl groups is 1. The number of carbonyl (C=O) groups is 1. The largest absolute Gasteiger partial charge is 0.508 e. The molecule has 0 aromatic heterocycles. The van der Waals surface area contributed by atoms with E-state index in [1.54, 1.807) is 33.5 Å². The lowest BCUT2D eigenvalue weighted by Crippen LogP contribution is -2.21. The molecule has 1 fully saturated rings. The molecule has 2 atom stereocenters. The van der Waals surface area contributed by atoms with Crippen LogP contribution in [0.1, 0.15) is 11.1 Å². The highest BCUT2D eigenvalue weighted by Crippen LogP contribution is 2.42. The van der Waals surface area contributed by atoms with Gasteiger partial charge in [0, 0.05) is 12.0 Å². The van der Waals surface area contributed by atoms with E-state index in [1.165, 1.54) is 0 Å². The van der Waals surface area contributed by atoms with Gasteiger partial charge < -0.3 is 33.5 Å². The first-order valence-electron chi connectivity index (χ1n) is 9.61. The summed E-state index contributed by atoms with van der Waals surface area (Å²) in [6.45, 7) is 0.425. The highest BCUT2D eigenvalue weighted by atomic mass is 16.7. The van der Waals surface area contributed by atoms with Gasteiger partial charge in [-0.05, 0) is 42.2 Å². The van der Waals surface area contributed by atoms with Gasteiger partial charge in [-0.2, -0.15) is 0 Å². The summed E-state index contributed by atoms with van der Waals surface area (Å²) in [4.78, 5) is 12.5. The first-order chi connectivity index (χ1) is 14.5. The molecule has 2 aromatic carbocycles. The minimum Gasteiger partial charge on any atom is -0.508 e. The van der Waals surface area contributed by atoms with Gasteiger partial charge in [0.05, 0.1) is 33.9 Å². The van der Waals surface area contributed by atoms with Crippen LogP contribution in [0, 0.1) is 11.8 Å². The molecule has 8 heteroatoms. The van der Waals surface area contributed by atoms with Gasteiger partial charge in [0.15, 0.2) is 23.0 Å². The van der Waals surface area contributed by atoms with Crippen molar-refractivity contribution in [3.05, 3.63) is 35.4 Å². The quantitative estimate of drug-likeness (QED) is 0.689. The van der Waals surface area contributed by atoms with Gasteiger partial charge in [-0.1, -0.05) is 0 Å². The Balaban J connectivity index is 1.57. The Bertz CT molecular complexity index is 929. The number of hydrogen-bond acceptors (Lipinski definition) is 8. The van der Waals surface area contributed by atoms with Crippen molar-refractivity contribution in [2.75, 3.05) is 34.7 Å². The van der Waals surface area contributed by atoms with E-state index in [1.807, 2.05) is 12.1 Å². The van der Waals surface area contributed by atoms with Gasteiger partial charge in [0.1, 0.15) is 5.75 Å². The third-order valence-electron chi connectivity index (χ3n) is 5.55. The molecule has 2 unspecified atom stereocenters. The number of esters is 1. The Morgan fingerprint density at radius 2 is 1.60 bits per heavy atom. The molecule has 0 bridgehead atoms. The molecular weight excluding hydrogens is 392 g/mol. The van der Waals surface area contributed by atoms with E-state index in [4.69, 9.17) is 28.4 Å². The lowest BCUT2D eigenvalue weighted by Gasteiger charge is -2.18. The van der Waals surface area contributed by atoms with Crippen LogP contribution in [0.3, 0.4) is 0 Å². The molecule has 30 heavy (non-hydrogen) atoms. The smallest absolute Gasteiger partial charge is 0.309 e. The molecule has 0 radical (unpaired) electrons. The second kappa shape index (κ2) is 8.22. The van der Waals surface area contributed by atoms with E-state index in [2.05, 4.69) is 0 Å². The summed E-state index contributed by atoms with van der Waals surface area (Å²) < 4.78 is 32.2. The first-order valence-corrected chi connectivity index (χ1v) is 9.61. The molecule has 2 heterocycles. The van der Waals surface area contributed by atoms with E-state index in [-0.39, 0.29) is 30.3 Å². The Kier molecular flexibility index (Phi) is 5.48. The van der Waals surface area contributed by atoms with Crippen LogP contribution in [0.15, 0.2) is 24.3 Å². The standard InChI is InChI=1S/C22H24O8/c1-25-19-5-12(6-20(26-2)21(19)27-3)4-15-14(10-28-22(15)24)7-13-8-17-18(9-16(13)23)30-11-29-17/h5-6,8-9,14-15,23H,4,7,10-11H2,1-3H3. The maximum atomic E-state index is 12.5. The summed E-state index contributed by atoms with van der Waals surface area (Å²) in [5, 5.41) is 10.4. The topological polar surface area (TPSA) is 92.7 Å². The zero-order valence-corrected chi connectivity index (χ0v) is 17.1. The third-order valence-corrected chi connectivity index (χ3v) is 5.55. The molecule has 8 nitrogen and oxygen atoms in total. The third kappa shape index (κ3) is 3.65. The van der Waals surface area contributed by atoms with Crippen molar-refractivity contribution in [2.24, 2.45) is 11.8 Å². The van der Waals surface area contributed by atoms with Crippen LogP contribution in [-0.2, 0) is 22.4 Å². The van der Waals surface area contributed by atoms with Gasteiger partial charge >= 0.3 is 5.97 Å². The fourth-order valence-corrected chi connectivity index (χ4v) is 3.98. The number of carbonyl (C=O) groups excluding carboxylic acids is 1. The molecule has 160 valence electrons. The van der Waals surface area contributed by atoms with Gasteiger partial charge in [-0.15, -0.1) is 0 Å². The first kappa shape index (κ1) is 20.0. The molecule has 2 aromatic rings. The second-order valence-corrected chi connectivity index (χ2v) is 7.27. The fraction of sp³-hybridized carbons (Fsp3) is 0.409. The predicted octanol–water partition coefficient (Wildman–Crippen LogP) is 2.72. The van der Waals surface area contributed by atoms with E-state index >= 15 is 0 Å². The molecular formula is C22H24O8. The lowest BCUT2D eigenvalue weighted by molar-refractivity contribution is -0.141. The average molecular weight is 416 g/mol. The maximum absolute atomic E-state index is 12.5. The monoisotopic (exact) mass is 416 g/mol. The van der Waals surface area contributed by atoms with Crippen molar-refractivity contribution >= 4 is 5.97 Å². The van der Waals surface area contributed by atoms with E-state index in [0.717, 1.165) is 5.56 Å². The molecule has 0 spiro atoms. The average Bonchev–Trinajstić information content (AvgIpc) is 3.34. The van der Waals surface area contributed by atoms with Crippen LogP contribution >= 0.6 is 0 Å². The van der Waals surface area contributed by atoms with Crippen molar-refractivity contribution in [1.29, 1.82) is 0 Å². The molecule has 1 saturated heterocycles. The predicted molar refractivity (Wildman–Crippen MR) is 106 cm³/mol. The van der Waals surface area contributed by atoms with Crippen molar-refractivity contribution in [2.45, 2.75) is 12.8 Å². The number of cyclic esters (lactones) is 1. The Hall–Kier alpha value is -3.29.